The minimum absolute atomic E-state index is 0.142. The zero-order chi connectivity index (χ0) is 20.5. The van der Waals surface area contributed by atoms with Gasteiger partial charge in [-0.25, -0.2) is 4.68 Å². The molecule has 0 saturated carbocycles. The minimum Gasteiger partial charge on any atom is -0.497 e. The number of alkyl halides is 3. The molecule has 1 aromatic heterocycles. The lowest BCUT2D eigenvalue weighted by molar-refractivity contribution is -0.143. The molecule has 0 unspecified atom stereocenters. The smallest absolute Gasteiger partial charge is 0.434 e. The Labute approximate surface area is 163 Å². The lowest BCUT2D eigenvalue weighted by Crippen LogP contribution is -2.28. The van der Waals surface area contributed by atoms with Crippen LogP contribution in [0.1, 0.15) is 16.1 Å². The Kier molecular flexibility index (Phi) is 5.33. The summed E-state index contributed by atoms with van der Waals surface area (Å²) in [5.74, 6) is -0.270. The van der Waals surface area contributed by atoms with Crippen LogP contribution in [0.3, 0.4) is 0 Å². The van der Waals surface area contributed by atoms with E-state index in [1.165, 1.54) is 38.4 Å². The molecule has 0 saturated heterocycles. The van der Waals surface area contributed by atoms with Gasteiger partial charge in [0, 0.05) is 17.8 Å². The quantitative estimate of drug-likeness (QED) is 0.620. The van der Waals surface area contributed by atoms with E-state index < -0.39 is 23.3 Å². The highest BCUT2D eigenvalue weighted by atomic mass is 35.5. The van der Waals surface area contributed by atoms with Crippen molar-refractivity contribution in [1.82, 2.24) is 9.78 Å². The fraction of sp³-hybridized carbons (Fsp3) is 0.158. The minimum atomic E-state index is -4.79. The number of rotatable bonds is 4. The van der Waals surface area contributed by atoms with Crippen molar-refractivity contribution >= 4 is 23.2 Å². The molecule has 1 amide bonds. The zero-order valence-corrected chi connectivity index (χ0v) is 15.6. The molecule has 0 spiro atoms. The predicted octanol–water partition coefficient (Wildman–Crippen LogP) is 4.83. The normalized spacial score (nSPS) is 11.4. The topological polar surface area (TPSA) is 47.4 Å². The van der Waals surface area contributed by atoms with Gasteiger partial charge in [-0.2, -0.15) is 18.3 Å². The van der Waals surface area contributed by atoms with E-state index in [0.29, 0.717) is 21.1 Å². The van der Waals surface area contributed by atoms with Crippen LogP contribution in [0, 0.1) is 0 Å². The SMILES string of the molecule is COc1ccc(N(C)C(=O)c2cnn(-c3ccc(Cl)cc3)c2C(F)(F)F)cc1. The number of anilines is 1. The summed E-state index contributed by atoms with van der Waals surface area (Å²) >= 11 is 5.79. The number of hydrogen-bond donors (Lipinski definition) is 0. The molecule has 1 heterocycles. The molecular formula is C19H15ClF3N3O2. The third-order valence-electron chi connectivity index (χ3n) is 4.10. The van der Waals surface area contributed by atoms with E-state index in [0.717, 1.165) is 11.1 Å². The predicted molar refractivity (Wildman–Crippen MR) is 99.3 cm³/mol. The molecule has 0 atom stereocenters. The molecule has 0 aliphatic carbocycles. The van der Waals surface area contributed by atoms with Gasteiger partial charge in [0.25, 0.3) is 5.91 Å². The van der Waals surface area contributed by atoms with Crippen molar-refractivity contribution in [2.24, 2.45) is 0 Å². The molecule has 0 fully saturated rings. The number of carbonyl (C=O) groups is 1. The zero-order valence-electron chi connectivity index (χ0n) is 14.9. The van der Waals surface area contributed by atoms with E-state index in [1.54, 1.807) is 24.3 Å². The van der Waals surface area contributed by atoms with E-state index in [-0.39, 0.29) is 5.69 Å². The summed E-state index contributed by atoms with van der Waals surface area (Å²) in [7, 11) is 2.88. The van der Waals surface area contributed by atoms with Gasteiger partial charge in [0.2, 0.25) is 0 Å². The number of halogens is 4. The summed E-state index contributed by atoms with van der Waals surface area (Å²) in [4.78, 5) is 13.9. The number of hydrogen-bond acceptors (Lipinski definition) is 3. The average Bonchev–Trinajstić information content (AvgIpc) is 3.13. The summed E-state index contributed by atoms with van der Waals surface area (Å²) in [6.07, 6.45) is -3.87. The lowest BCUT2D eigenvalue weighted by atomic mass is 10.2. The van der Waals surface area contributed by atoms with Crippen LogP contribution in [0.4, 0.5) is 18.9 Å². The second-order valence-corrected chi connectivity index (χ2v) is 6.29. The van der Waals surface area contributed by atoms with Gasteiger partial charge >= 0.3 is 6.18 Å². The molecule has 0 radical (unpaired) electrons. The highest BCUT2D eigenvalue weighted by molar-refractivity contribution is 6.30. The number of carbonyl (C=O) groups excluding carboxylic acids is 1. The maximum absolute atomic E-state index is 13.8. The number of aromatic nitrogens is 2. The molecule has 2 aromatic carbocycles. The van der Waals surface area contributed by atoms with Gasteiger partial charge in [0.05, 0.1) is 24.6 Å². The van der Waals surface area contributed by atoms with Crippen LogP contribution >= 0.6 is 11.6 Å². The van der Waals surface area contributed by atoms with Crippen molar-refractivity contribution in [1.29, 1.82) is 0 Å². The van der Waals surface area contributed by atoms with Gasteiger partial charge in [-0.05, 0) is 48.5 Å². The fourth-order valence-corrected chi connectivity index (χ4v) is 2.79. The number of amides is 1. The van der Waals surface area contributed by atoms with Crippen molar-refractivity contribution in [3.05, 3.63) is 71.0 Å². The van der Waals surface area contributed by atoms with Gasteiger partial charge in [-0.3, -0.25) is 4.79 Å². The van der Waals surface area contributed by atoms with Crippen molar-refractivity contribution in [3.8, 4) is 11.4 Å². The molecule has 9 heteroatoms. The van der Waals surface area contributed by atoms with E-state index in [2.05, 4.69) is 5.10 Å². The first kappa shape index (κ1) is 19.8. The van der Waals surface area contributed by atoms with Gasteiger partial charge in [0.15, 0.2) is 5.69 Å². The molecule has 0 aliphatic heterocycles. The molecule has 28 heavy (non-hydrogen) atoms. The first-order valence-electron chi connectivity index (χ1n) is 8.05. The second kappa shape index (κ2) is 7.55. The number of nitrogens with zero attached hydrogens (tertiary/aromatic N) is 3. The summed E-state index contributed by atoms with van der Waals surface area (Å²) in [6.45, 7) is 0. The summed E-state index contributed by atoms with van der Waals surface area (Å²) < 4.78 is 47.0. The van der Waals surface area contributed by atoms with Gasteiger partial charge in [-0.15, -0.1) is 0 Å². The Hall–Kier alpha value is -3.00. The third kappa shape index (κ3) is 3.82. The number of benzene rings is 2. The van der Waals surface area contributed by atoms with Crippen LogP contribution in [0.2, 0.25) is 5.02 Å². The van der Waals surface area contributed by atoms with Crippen LogP contribution in [-0.4, -0.2) is 29.8 Å². The van der Waals surface area contributed by atoms with Crippen molar-refractivity contribution < 1.29 is 22.7 Å². The lowest BCUT2D eigenvalue weighted by Gasteiger charge is -2.19. The van der Waals surface area contributed by atoms with Crippen LogP contribution in [0.5, 0.6) is 5.75 Å². The van der Waals surface area contributed by atoms with Gasteiger partial charge in [-0.1, -0.05) is 11.6 Å². The Morgan fingerprint density at radius 1 is 1.11 bits per heavy atom. The second-order valence-electron chi connectivity index (χ2n) is 5.86. The van der Waals surface area contributed by atoms with Gasteiger partial charge in [0.1, 0.15) is 5.75 Å². The number of methoxy groups -OCH3 is 1. The van der Waals surface area contributed by atoms with Crippen molar-refractivity contribution in [2.45, 2.75) is 6.18 Å². The maximum atomic E-state index is 13.8. The standard InChI is InChI=1S/C19H15ClF3N3O2/c1-25(13-7-9-15(28-2)10-8-13)18(27)16-11-24-26(17(16)19(21,22)23)14-5-3-12(20)4-6-14/h3-11H,1-2H3. The first-order chi connectivity index (χ1) is 13.2. The van der Waals surface area contributed by atoms with Crippen LogP contribution in [0.15, 0.2) is 54.7 Å². The van der Waals surface area contributed by atoms with Gasteiger partial charge < -0.3 is 9.64 Å². The largest absolute Gasteiger partial charge is 0.497 e. The molecule has 0 bridgehead atoms. The van der Waals surface area contributed by atoms with E-state index in [4.69, 9.17) is 16.3 Å². The monoisotopic (exact) mass is 409 g/mol. The molecule has 3 rings (SSSR count). The molecular weight excluding hydrogens is 395 g/mol. The molecule has 146 valence electrons. The highest BCUT2D eigenvalue weighted by Crippen LogP contribution is 2.35. The summed E-state index contributed by atoms with van der Waals surface area (Å²) in [5.41, 5.74) is -1.15. The Morgan fingerprint density at radius 3 is 2.25 bits per heavy atom. The third-order valence-corrected chi connectivity index (χ3v) is 4.36. The van der Waals surface area contributed by atoms with E-state index >= 15 is 0 Å². The van der Waals surface area contributed by atoms with Crippen LogP contribution < -0.4 is 9.64 Å². The van der Waals surface area contributed by atoms with Crippen LogP contribution in [0.25, 0.3) is 5.69 Å². The fourth-order valence-electron chi connectivity index (χ4n) is 2.66. The molecule has 0 aliphatic rings. The summed E-state index contributed by atoms with van der Waals surface area (Å²) in [6, 6.07) is 12.1. The number of ether oxygens (including phenoxy) is 1. The van der Waals surface area contributed by atoms with E-state index in [9.17, 15) is 18.0 Å². The van der Waals surface area contributed by atoms with E-state index in [1.807, 2.05) is 0 Å². The van der Waals surface area contributed by atoms with Crippen molar-refractivity contribution in [3.63, 3.8) is 0 Å². The Balaban J connectivity index is 2.03. The first-order valence-corrected chi connectivity index (χ1v) is 8.43. The average molecular weight is 410 g/mol. The maximum Gasteiger partial charge on any atom is 0.434 e. The molecule has 3 aromatic rings. The van der Waals surface area contributed by atoms with Crippen molar-refractivity contribution in [2.75, 3.05) is 19.1 Å². The highest BCUT2D eigenvalue weighted by Gasteiger charge is 2.41. The summed E-state index contributed by atoms with van der Waals surface area (Å²) in [5, 5.41) is 4.17. The Bertz CT molecular complexity index is 983. The Morgan fingerprint density at radius 2 is 1.71 bits per heavy atom. The molecule has 0 N–H and O–H groups in total. The molecule has 5 nitrogen and oxygen atoms in total. The van der Waals surface area contributed by atoms with Crippen LogP contribution in [-0.2, 0) is 6.18 Å².